The Morgan fingerprint density at radius 2 is 1.95 bits per heavy atom. The standard InChI is InChI=1S/C16H22N2S/c1-2-5-12-8-10-13(11-9-12)18-15-7-4-3-6-14(15)17-16(18)19/h3-4,6-7,12-13H,2,5,8-11H2,1H3,(H,17,19). The van der Waals surface area contributed by atoms with E-state index in [1.165, 1.54) is 49.6 Å². The van der Waals surface area contributed by atoms with Crippen molar-refractivity contribution in [1.82, 2.24) is 9.55 Å². The van der Waals surface area contributed by atoms with Crippen LogP contribution in [0.25, 0.3) is 11.0 Å². The van der Waals surface area contributed by atoms with Crippen molar-refractivity contribution >= 4 is 23.3 Å². The summed E-state index contributed by atoms with van der Waals surface area (Å²) in [6.45, 7) is 2.29. The zero-order valence-corrected chi connectivity index (χ0v) is 12.4. The quantitative estimate of drug-likeness (QED) is 0.760. The summed E-state index contributed by atoms with van der Waals surface area (Å²) in [7, 11) is 0. The summed E-state index contributed by atoms with van der Waals surface area (Å²) in [6.07, 6.45) is 8.00. The van der Waals surface area contributed by atoms with Gasteiger partial charge >= 0.3 is 0 Å². The molecule has 2 aromatic rings. The number of imidazole rings is 1. The number of fused-ring (bicyclic) bond motifs is 1. The minimum absolute atomic E-state index is 0.594. The van der Waals surface area contributed by atoms with E-state index in [-0.39, 0.29) is 0 Å². The van der Waals surface area contributed by atoms with Crippen LogP contribution >= 0.6 is 12.2 Å². The van der Waals surface area contributed by atoms with Crippen molar-refractivity contribution in [2.45, 2.75) is 51.5 Å². The van der Waals surface area contributed by atoms with Gasteiger partial charge in [-0.2, -0.15) is 0 Å². The number of hydrogen-bond acceptors (Lipinski definition) is 1. The lowest BCUT2D eigenvalue weighted by atomic mass is 9.83. The fraction of sp³-hybridized carbons (Fsp3) is 0.562. The van der Waals surface area contributed by atoms with E-state index in [1.807, 2.05) is 0 Å². The van der Waals surface area contributed by atoms with Crippen LogP contribution in [0.2, 0.25) is 0 Å². The first-order chi connectivity index (χ1) is 9.29. The lowest BCUT2D eigenvalue weighted by Crippen LogP contribution is -2.18. The van der Waals surface area contributed by atoms with E-state index in [4.69, 9.17) is 12.2 Å². The zero-order chi connectivity index (χ0) is 13.2. The summed E-state index contributed by atoms with van der Waals surface area (Å²) >= 11 is 5.52. The van der Waals surface area contributed by atoms with Gasteiger partial charge in [0, 0.05) is 6.04 Å². The zero-order valence-electron chi connectivity index (χ0n) is 11.6. The first kappa shape index (κ1) is 12.9. The molecule has 0 radical (unpaired) electrons. The van der Waals surface area contributed by atoms with Crippen LogP contribution in [-0.4, -0.2) is 9.55 Å². The molecule has 1 fully saturated rings. The maximum atomic E-state index is 5.52. The number of hydrogen-bond donors (Lipinski definition) is 1. The van der Waals surface area contributed by atoms with Gasteiger partial charge in [0.15, 0.2) is 4.77 Å². The highest BCUT2D eigenvalue weighted by Gasteiger charge is 2.23. The van der Waals surface area contributed by atoms with Crippen LogP contribution in [0.4, 0.5) is 0 Å². The first-order valence-corrected chi connectivity index (χ1v) is 7.89. The Kier molecular flexibility index (Phi) is 3.74. The van der Waals surface area contributed by atoms with E-state index in [1.54, 1.807) is 0 Å². The average molecular weight is 274 g/mol. The molecule has 19 heavy (non-hydrogen) atoms. The van der Waals surface area contributed by atoms with Crippen LogP contribution in [0, 0.1) is 10.7 Å². The Morgan fingerprint density at radius 1 is 1.21 bits per heavy atom. The molecule has 0 aliphatic heterocycles. The minimum atomic E-state index is 0.594. The molecule has 1 aliphatic rings. The van der Waals surface area contributed by atoms with Crippen LogP contribution in [0.3, 0.4) is 0 Å². The first-order valence-electron chi connectivity index (χ1n) is 7.49. The summed E-state index contributed by atoms with van der Waals surface area (Å²) < 4.78 is 3.24. The predicted octanol–water partition coefficient (Wildman–Crippen LogP) is 5.23. The van der Waals surface area contributed by atoms with E-state index in [0.29, 0.717) is 6.04 Å². The van der Waals surface area contributed by atoms with Crippen LogP contribution in [-0.2, 0) is 0 Å². The van der Waals surface area contributed by atoms with Gasteiger partial charge in [0.2, 0.25) is 0 Å². The SMILES string of the molecule is CCCC1CCC(n2c(=S)[nH]c3ccccc32)CC1. The number of aromatic nitrogens is 2. The monoisotopic (exact) mass is 274 g/mol. The number of para-hydroxylation sites is 2. The molecule has 3 rings (SSSR count). The number of rotatable bonds is 3. The smallest absolute Gasteiger partial charge is 0.178 e. The van der Waals surface area contributed by atoms with E-state index in [9.17, 15) is 0 Å². The third-order valence-corrected chi connectivity index (χ3v) is 4.80. The van der Waals surface area contributed by atoms with Gasteiger partial charge in [-0.15, -0.1) is 0 Å². The number of nitrogens with zero attached hydrogens (tertiary/aromatic N) is 1. The van der Waals surface area contributed by atoms with Crippen LogP contribution in [0.1, 0.15) is 51.5 Å². The molecule has 3 heteroatoms. The summed E-state index contributed by atoms with van der Waals surface area (Å²) in [5, 5.41) is 0. The highest BCUT2D eigenvalue weighted by molar-refractivity contribution is 7.71. The van der Waals surface area contributed by atoms with Crippen molar-refractivity contribution in [3.63, 3.8) is 0 Å². The third-order valence-electron chi connectivity index (χ3n) is 4.50. The second-order valence-corrected chi connectivity index (χ2v) is 6.17. The molecule has 1 aliphatic carbocycles. The average Bonchev–Trinajstić information content (AvgIpc) is 2.76. The van der Waals surface area contributed by atoms with Crippen LogP contribution in [0.5, 0.6) is 0 Å². The summed E-state index contributed by atoms with van der Waals surface area (Å²) in [5.74, 6) is 0.945. The van der Waals surface area contributed by atoms with Gasteiger partial charge in [0.1, 0.15) is 0 Å². The molecule has 0 saturated heterocycles. The topological polar surface area (TPSA) is 20.7 Å². The third kappa shape index (κ3) is 2.48. The summed E-state index contributed by atoms with van der Waals surface area (Å²) in [6, 6.07) is 9.06. The van der Waals surface area contributed by atoms with Gasteiger partial charge in [0.25, 0.3) is 0 Å². The van der Waals surface area contributed by atoms with Crippen molar-refractivity contribution in [2.24, 2.45) is 5.92 Å². The maximum absolute atomic E-state index is 5.52. The van der Waals surface area contributed by atoms with Gasteiger partial charge in [0.05, 0.1) is 11.0 Å². The molecule has 102 valence electrons. The van der Waals surface area contributed by atoms with E-state index in [2.05, 4.69) is 40.7 Å². The molecule has 0 amide bonds. The number of H-pyrrole nitrogens is 1. The summed E-state index contributed by atoms with van der Waals surface area (Å²) in [4.78, 5) is 3.34. The van der Waals surface area contributed by atoms with Crippen LogP contribution in [0.15, 0.2) is 24.3 Å². The van der Waals surface area contributed by atoms with Crippen molar-refractivity contribution < 1.29 is 0 Å². The predicted molar refractivity (Wildman–Crippen MR) is 83.0 cm³/mol. The van der Waals surface area contributed by atoms with Gasteiger partial charge in [-0.3, -0.25) is 0 Å². The molecule has 1 saturated carbocycles. The van der Waals surface area contributed by atoms with Gasteiger partial charge in [-0.1, -0.05) is 31.9 Å². The molecule has 0 atom stereocenters. The molecule has 1 aromatic heterocycles. The normalized spacial score (nSPS) is 23.8. The Balaban J connectivity index is 1.86. The Morgan fingerprint density at radius 3 is 2.68 bits per heavy atom. The molecule has 0 unspecified atom stereocenters. The van der Waals surface area contributed by atoms with Crippen molar-refractivity contribution in [3.05, 3.63) is 29.0 Å². The second-order valence-electron chi connectivity index (χ2n) is 5.78. The number of benzene rings is 1. The van der Waals surface area contributed by atoms with Gasteiger partial charge in [-0.25, -0.2) is 0 Å². The van der Waals surface area contributed by atoms with Crippen molar-refractivity contribution in [2.75, 3.05) is 0 Å². The van der Waals surface area contributed by atoms with Gasteiger partial charge in [-0.05, 0) is 56.0 Å². The Hall–Kier alpha value is -1.09. The molecular formula is C16H22N2S. The highest BCUT2D eigenvalue weighted by atomic mass is 32.1. The minimum Gasteiger partial charge on any atom is -0.331 e. The molecule has 2 nitrogen and oxygen atoms in total. The fourth-order valence-corrected chi connectivity index (χ4v) is 3.89. The van der Waals surface area contributed by atoms with Gasteiger partial charge < -0.3 is 9.55 Å². The Bertz CT molecular complexity index is 602. The van der Waals surface area contributed by atoms with E-state index in [0.717, 1.165) is 10.7 Å². The largest absolute Gasteiger partial charge is 0.331 e. The molecule has 1 aromatic carbocycles. The molecule has 0 spiro atoms. The molecule has 0 bridgehead atoms. The maximum Gasteiger partial charge on any atom is 0.178 e. The number of nitrogens with one attached hydrogen (secondary N) is 1. The molecule has 1 heterocycles. The van der Waals surface area contributed by atoms with Crippen molar-refractivity contribution in [3.8, 4) is 0 Å². The lowest BCUT2D eigenvalue weighted by Gasteiger charge is -2.29. The fourth-order valence-electron chi connectivity index (χ4n) is 3.54. The summed E-state index contributed by atoms with van der Waals surface area (Å²) in [5.41, 5.74) is 2.44. The lowest BCUT2D eigenvalue weighted by molar-refractivity contribution is 0.264. The van der Waals surface area contributed by atoms with E-state index >= 15 is 0 Å². The Labute approximate surface area is 119 Å². The highest BCUT2D eigenvalue weighted by Crippen LogP contribution is 2.36. The van der Waals surface area contributed by atoms with E-state index < -0.39 is 0 Å². The van der Waals surface area contributed by atoms with Crippen LogP contribution < -0.4 is 0 Å². The number of aromatic amines is 1. The molecule has 1 N–H and O–H groups in total. The molecular weight excluding hydrogens is 252 g/mol. The van der Waals surface area contributed by atoms with Crippen molar-refractivity contribution in [1.29, 1.82) is 0 Å². The second kappa shape index (κ2) is 5.49.